The first-order valence-corrected chi connectivity index (χ1v) is 5.21. The van der Waals surface area contributed by atoms with Gasteiger partial charge in [0, 0.05) is 19.6 Å². The molecular weight excluding hydrogens is 161 g/mol. The third-order valence-electron chi connectivity index (χ3n) is 1.98. The Morgan fingerprint density at radius 2 is 2.45 bits per heavy atom. The number of terminal acetylenes is 1. The van der Waals surface area contributed by atoms with Gasteiger partial charge < -0.3 is 4.52 Å². The number of rotatable bonds is 1. The lowest BCUT2D eigenvalue weighted by atomic mass is 10.2. The lowest BCUT2D eigenvalue weighted by Crippen LogP contribution is -2.11. The molecule has 1 aliphatic rings. The second-order valence-electron chi connectivity index (χ2n) is 2.71. The SMILES string of the molecule is C#CC1CN(C)P(=O)(OC)C1. The van der Waals surface area contributed by atoms with E-state index in [1.54, 1.807) is 11.7 Å². The average molecular weight is 173 g/mol. The summed E-state index contributed by atoms with van der Waals surface area (Å²) in [6.45, 7) is 0.682. The van der Waals surface area contributed by atoms with Crippen molar-refractivity contribution in [3.8, 4) is 12.3 Å². The highest BCUT2D eigenvalue weighted by atomic mass is 31.2. The molecule has 2 atom stereocenters. The van der Waals surface area contributed by atoms with Crippen molar-refractivity contribution >= 4 is 7.52 Å². The normalized spacial score (nSPS) is 38.8. The van der Waals surface area contributed by atoms with Gasteiger partial charge in [0.1, 0.15) is 0 Å². The van der Waals surface area contributed by atoms with E-state index in [4.69, 9.17) is 10.9 Å². The Bertz CT molecular complexity index is 233. The second kappa shape index (κ2) is 2.98. The Balaban J connectivity index is 2.75. The maximum Gasteiger partial charge on any atom is 0.273 e. The van der Waals surface area contributed by atoms with E-state index in [2.05, 4.69) is 5.92 Å². The third-order valence-corrected chi connectivity index (χ3v) is 4.65. The molecule has 0 aromatic carbocycles. The summed E-state index contributed by atoms with van der Waals surface area (Å²) in [5.74, 6) is 2.68. The maximum atomic E-state index is 11.7. The zero-order valence-electron chi connectivity index (χ0n) is 6.78. The smallest absolute Gasteiger partial charge is 0.273 e. The molecule has 0 saturated carbocycles. The molecule has 11 heavy (non-hydrogen) atoms. The second-order valence-corrected chi connectivity index (χ2v) is 5.39. The topological polar surface area (TPSA) is 29.5 Å². The highest BCUT2D eigenvalue weighted by Crippen LogP contribution is 2.55. The van der Waals surface area contributed by atoms with Crippen LogP contribution < -0.4 is 0 Å². The van der Waals surface area contributed by atoms with Crippen molar-refractivity contribution in [1.82, 2.24) is 4.67 Å². The largest absolute Gasteiger partial charge is 0.321 e. The van der Waals surface area contributed by atoms with Crippen molar-refractivity contribution in [2.45, 2.75) is 0 Å². The van der Waals surface area contributed by atoms with Gasteiger partial charge in [-0.05, 0) is 7.05 Å². The van der Waals surface area contributed by atoms with Gasteiger partial charge in [0.25, 0.3) is 7.52 Å². The molecule has 1 heterocycles. The van der Waals surface area contributed by atoms with Crippen LogP contribution >= 0.6 is 7.52 Å². The van der Waals surface area contributed by atoms with Gasteiger partial charge >= 0.3 is 0 Å². The third kappa shape index (κ3) is 1.49. The summed E-state index contributed by atoms with van der Waals surface area (Å²) in [6.07, 6.45) is 5.72. The highest BCUT2D eigenvalue weighted by Gasteiger charge is 2.38. The molecule has 4 heteroatoms. The van der Waals surface area contributed by atoms with Gasteiger partial charge in [-0.1, -0.05) is 0 Å². The minimum absolute atomic E-state index is 0.0887. The van der Waals surface area contributed by atoms with Gasteiger partial charge in [-0.2, -0.15) is 0 Å². The summed E-state index contributed by atoms with van der Waals surface area (Å²) in [4.78, 5) is 0. The van der Waals surface area contributed by atoms with Gasteiger partial charge in [-0.25, -0.2) is 4.67 Å². The molecule has 0 radical (unpaired) electrons. The van der Waals surface area contributed by atoms with Crippen molar-refractivity contribution < 1.29 is 9.09 Å². The first-order chi connectivity index (χ1) is 5.12. The van der Waals surface area contributed by atoms with E-state index >= 15 is 0 Å². The van der Waals surface area contributed by atoms with Crippen LogP contribution in [-0.4, -0.2) is 31.5 Å². The fourth-order valence-electron chi connectivity index (χ4n) is 1.24. The average Bonchev–Trinajstić information content (AvgIpc) is 2.29. The summed E-state index contributed by atoms with van der Waals surface area (Å²) in [5.41, 5.74) is 0. The first kappa shape index (κ1) is 8.80. The lowest BCUT2D eigenvalue weighted by molar-refractivity contribution is 0.348. The molecule has 0 amide bonds. The van der Waals surface area contributed by atoms with E-state index in [1.807, 2.05) is 0 Å². The molecule has 62 valence electrons. The van der Waals surface area contributed by atoms with Crippen LogP contribution in [0, 0.1) is 18.3 Å². The Kier molecular flexibility index (Phi) is 2.39. The summed E-state index contributed by atoms with van der Waals surface area (Å²) in [7, 11) is 0.724. The molecule has 0 spiro atoms. The van der Waals surface area contributed by atoms with Gasteiger partial charge in [0.15, 0.2) is 0 Å². The fraction of sp³-hybridized carbons (Fsp3) is 0.714. The molecule has 2 unspecified atom stereocenters. The molecular formula is C7H12NO2P. The Morgan fingerprint density at radius 1 is 1.82 bits per heavy atom. The predicted octanol–water partition coefficient (Wildman–Crippen LogP) is 1.02. The quantitative estimate of drug-likeness (QED) is 0.438. The number of nitrogens with zero attached hydrogens (tertiary/aromatic N) is 1. The zero-order chi connectivity index (χ0) is 8.48. The molecule has 1 fully saturated rings. The van der Waals surface area contributed by atoms with Crippen molar-refractivity contribution in [2.75, 3.05) is 26.9 Å². The van der Waals surface area contributed by atoms with Crippen LogP contribution in [0.1, 0.15) is 0 Å². The van der Waals surface area contributed by atoms with Crippen LogP contribution in [0.2, 0.25) is 0 Å². The van der Waals surface area contributed by atoms with E-state index in [1.165, 1.54) is 7.11 Å². The number of hydrogen-bond donors (Lipinski definition) is 0. The van der Waals surface area contributed by atoms with Crippen LogP contribution in [-0.2, 0) is 9.09 Å². The van der Waals surface area contributed by atoms with Crippen LogP contribution in [0.5, 0.6) is 0 Å². The molecule has 0 bridgehead atoms. The Morgan fingerprint density at radius 3 is 2.73 bits per heavy atom. The van der Waals surface area contributed by atoms with E-state index in [0.717, 1.165) is 0 Å². The van der Waals surface area contributed by atoms with Crippen LogP contribution in [0.15, 0.2) is 0 Å². The molecule has 1 rings (SSSR count). The van der Waals surface area contributed by atoms with E-state index < -0.39 is 7.52 Å². The molecule has 1 saturated heterocycles. The van der Waals surface area contributed by atoms with Crippen LogP contribution in [0.25, 0.3) is 0 Å². The van der Waals surface area contributed by atoms with Crippen molar-refractivity contribution in [1.29, 1.82) is 0 Å². The molecule has 0 N–H and O–H groups in total. The summed E-state index contributed by atoms with van der Waals surface area (Å²) < 4.78 is 18.3. The zero-order valence-corrected chi connectivity index (χ0v) is 7.67. The molecule has 0 aliphatic carbocycles. The first-order valence-electron chi connectivity index (χ1n) is 3.45. The van der Waals surface area contributed by atoms with Crippen molar-refractivity contribution in [3.05, 3.63) is 0 Å². The van der Waals surface area contributed by atoms with Crippen molar-refractivity contribution in [2.24, 2.45) is 5.92 Å². The van der Waals surface area contributed by atoms with Crippen molar-refractivity contribution in [3.63, 3.8) is 0 Å². The minimum atomic E-state index is -2.52. The highest BCUT2D eigenvalue weighted by molar-refractivity contribution is 7.56. The molecule has 3 nitrogen and oxygen atoms in total. The minimum Gasteiger partial charge on any atom is -0.321 e. The molecule has 1 aliphatic heterocycles. The van der Waals surface area contributed by atoms with Gasteiger partial charge in [0.2, 0.25) is 0 Å². The maximum absolute atomic E-state index is 11.7. The van der Waals surface area contributed by atoms with E-state index in [9.17, 15) is 4.57 Å². The van der Waals surface area contributed by atoms with Gasteiger partial charge in [-0.15, -0.1) is 12.3 Å². The van der Waals surface area contributed by atoms with Crippen LogP contribution in [0.3, 0.4) is 0 Å². The number of hydrogen-bond acceptors (Lipinski definition) is 2. The predicted molar refractivity (Wildman–Crippen MR) is 44.4 cm³/mol. The van der Waals surface area contributed by atoms with Crippen LogP contribution in [0.4, 0.5) is 0 Å². The van der Waals surface area contributed by atoms with Gasteiger partial charge in [0.05, 0.1) is 6.16 Å². The summed E-state index contributed by atoms with van der Waals surface area (Å²) >= 11 is 0. The summed E-state index contributed by atoms with van der Waals surface area (Å²) in [6, 6.07) is 0. The fourth-order valence-corrected chi connectivity index (χ4v) is 3.17. The Hall–Kier alpha value is -0.290. The summed E-state index contributed by atoms with van der Waals surface area (Å²) in [5, 5.41) is 0. The Labute approximate surface area is 67.2 Å². The van der Waals surface area contributed by atoms with Gasteiger partial charge in [-0.3, -0.25) is 4.57 Å². The lowest BCUT2D eigenvalue weighted by Gasteiger charge is -2.16. The van der Waals surface area contributed by atoms with E-state index in [0.29, 0.717) is 12.7 Å². The monoisotopic (exact) mass is 173 g/mol. The molecule has 0 aromatic heterocycles. The molecule has 0 aromatic rings. The standard InChI is InChI=1S/C7H12NO2P/c1-4-7-5-8(2)11(9,6-7)10-3/h1,7H,5-6H2,2-3H3. The van der Waals surface area contributed by atoms with E-state index in [-0.39, 0.29) is 5.92 Å².